The summed E-state index contributed by atoms with van der Waals surface area (Å²) >= 11 is 11.9. The van der Waals surface area contributed by atoms with Gasteiger partial charge in [0.1, 0.15) is 4.90 Å². The van der Waals surface area contributed by atoms with E-state index in [1.54, 1.807) is 19.9 Å². The number of nitrogens with zero attached hydrogens (tertiary/aromatic N) is 2. The van der Waals surface area contributed by atoms with E-state index in [1.165, 1.54) is 44.4 Å². The molecular formula is C19H23Cl2N3O5S2. The highest BCUT2D eigenvalue weighted by molar-refractivity contribution is 7.89. The molecule has 170 valence electrons. The number of hydrogen-bond donors (Lipinski definition) is 1. The predicted molar refractivity (Wildman–Crippen MR) is 122 cm³/mol. The number of benzene rings is 2. The summed E-state index contributed by atoms with van der Waals surface area (Å²) in [6, 6.07) is 8.38. The molecule has 0 atom stereocenters. The van der Waals surface area contributed by atoms with Crippen molar-refractivity contribution in [2.75, 3.05) is 32.5 Å². The summed E-state index contributed by atoms with van der Waals surface area (Å²) in [7, 11) is -4.99. The minimum atomic E-state index is -4.09. The molecule has 0 saturated heterocycles. The zero-order valence-electron chi connectivity index (χ0n) is 17.4. The quantitative estimate of drug-likeness (QED) is 0.590. The summed E-state index contributed by atoms with van der Waals surface area (Å²) in [5, 5.41) is 2.77. The molecule has 0 spiro atoms. The Bertz CT molecular complexity index is 1200. The fourth-order valence-electron chi connectivity index (χ4n) is 2.64. The first-order valence-electron chi connectivity index (χ1n) is 9.09. The number of halogens is 2. The predicted octanol–water partition coefficient (Wildman–Crippen LogP) is 3.20. The van der Waals surface area contributed by atoms with Crippen molar-refractivity contribution in [3.8, 4) is 0 Å². The highest BCUT2D eigenvalue weighted by Crippen LogP contribution is 2.28. The van der Waals surface area contributed by atoms with Crippen LogP contribution >= 0.6 is 23.2 Å². The molecule has 0 aliphatic carbocycles. The lowest BCUT2D eigenvalue weighted by molar-refractivity contribution is -0.116. The zero-order chi connectivity index (χ0) is 23.6. The molecule has 1 amide bonds. The van der Waals surface area contributed by atoms with Crippen LogP contribution in [0.25, 0.3) is 0 Å². The van der Waals surface area contributed by atoms with Crippen molar-refractivity contribution in [1.29, 1.82) is 0 Å². The van der Waals surface area contributed by atoms with Gasteiger partial charge in [-0.1, -0.05) is 36.2 Å². The second kappa shape index (κ2) is 9.85. The van der Waals surface area contributed by atoms with Gasteiger partial charge in [0.15, 0.2) is 0 Å². The molecule has 0 heterocycles. The number of amides is 1. The molecule has 0 saturated carbocycles. The number of aryl methyl sites for hydroxylation is 1. The van der Waals surface area contributed by atoms with Crippen LogP contribution in [0.5, 0.6) is 0 Å². The van der Waals surface area contributed by atoms with E-state index in [-0.39, 0.29) is 32.1 Å². The summed E-state index contributed by atoms with van der Waals surface area (Å²) in [4.78, 5) is 12.4. The second-order valence-corrected chi connectivity index (χ2v) is 11.7. The van der Waals surface area contributed by atoms with Crippen molar-refractivity contribution in [2.45, 2.75) is 23.6 Å². The second-order valence-electron chi connectivity index (χ2n) is 6.82. The van der Waals surface area contributed by atoms with Crippen molar-refractivity contribution in [3.05, 3.63) is 52.0 Å². The van der Waals surface area contributed by atoms with E-state index in [4.69, 9.17) is 23.2 Å². The van der Waals surface area contributed by atoms with E-state index < -0.39 is 32.5 Å². The van der Waals surface area contributed by atoms with Crippen LogP contribution in [0.4, 0.5) is 5.69 Å². The lowest BCUT2D eigenvalue weighted by atomic mass is 10.2. The SMILES string of the molecule is CCN(CC(=O)Nc1cc(S(=O)(=O)N(C)C)ccc1C)S(=O)(=O)c1cc(Cl)ccc1Cl. The highest BCUT2D eigenvalue weighted by Gasteiger charge is 2.28. The van der Waals surface area contributed by atoms with E-state index in [0.717, 1.165) is 8.61 Å². The number of anilines is 1. The van der Waals surface area contributed by atoms with Gasteiger partial charge in [0.2, 0.25) is 26.0 Å². The summed E-state index contributed by atoms with van der Waals surface area (Å²) in [5.41, 5.74) is 0.886. The summed E-state index contributed by atoms with van der Waals surface area (Å²) in [5.74, 6) is -0.633. The Balaban J connectivity index is 2.29. The zero-order valence-corrected chi connectivity index (χ0v) is 20.5. The Morgan fingerprint density at radius 2 is 1.65 bits per heavy atom. The lowest BCUT2D eigenvalue weighted by Gasteiger charge is -2.21. The first-order chi connectivity index (χ1) is 14.3. The fourth-order valence-corrected chi connectivity index (χ4v) is 5.71. The largest absolute Gasteiger partial charge is 0.325 e. The molecule has 0 radical (unpaired) electrons. The van der Waals surface area contributed by atoms with Crippen LogP contribution in [-0.2, 0) is 24.8 Å². The Labute approximate surface area is 192 Å². The van der Waals surface area contributed by atoms with Gasteiger partial charge < -0.3 is 5.32 Å². The molecule has 0 aromatic heterocycles. The van der Waals surface area contributed by atoms with Gasteiger partial charge in [0.05, 0.1) is 16.5 Å². The van der Waals surface area contributed by atoms with Gasteiger partial charge >= 0.3 is 0 Å². The molecule has 2 aromatic rings. The molecule has 1 N–H and O–H groups in total. The minimum absolute atomic E-state index is 0.00378. The van der Waals surface area contributed by atoms with Gasteiger partial charge in [-0.05, 0) is 42.8 Å². The van der Waals surface area contributed by atoms with Crippen molar-refractivity contribution >= 4 is 54.8 Å². The van der Waals surface area contributed by atoms with Gasteiger partial charge in [0, 0.05) is 31.4 Å². The number of carbonyl (C=O) groups is 1. The van der Waals surface area contributed by atoms with Crippen molar-refractivity contribution in [1.82, 2.24) is 8.61 Å². The third-order valence-corrected chi connectivity index (χ3v) is 8.89. The van der Waals surface area contributed by atoms with E-state index in [1.807, 2.05) is 0 Å². The topological polar surface area (TPSA) is 104 Å². The van der Waals surface area contributed by atoms with Crippen LogP contribution in [-0.4, -0.2) is 58.5 Å². The van der Waals surface area contributed by atoms with Crippen LogP contribution in [0, 0.1) is 6.92 Å². The maximum absolute atomic E-state index is 13.0. The number of sulfonamides is 2. The Kier molecular flexibility index (Phi) is 8.12. The number of hydrogen-bond acceptors (Lipinski definition) is 5. The van der Waals surface area contributed by atoms with Crippen LogP contribution < -0.4 is 5.32 Å². The summed E-state index contributed by atoms with van der Waals surface area (Å²) in [6.07, 6.45) is 0. The van der Waals surface area contributed by atoms with Crippen LogP contribution in [0.15, 0.2) is 46.2 Å². The maximum atomic E-state index is 13.0. The molecule has 8 nitrogen and oxygen atoms in total. The molecule has 2 rings (SSSR count). The van der Waals surface area contributed by atoms with Crippen molar-refractivity contribution in [3.63, 3.8) is 0 Å². The minimum Gasteiger partial charge on any atom is -0.325 e. The van der Waals surface area contributed by atoms with Gasteiger partial charge in [-0.2, -0.15) is 4.31 Å². The van der Waals surface area contributed by atoms with E-state index >= 15 is 0 Å². The van der Waals surface area contributed by atoms with Crippen LogP contribution in [0.1, 0.15) is 12.5 Å². The van der Waals surface area contributed by atoms with Crippen molar-refractivity contribution < 1.29 is 21.6 Å². The molecular weight excluding hydrogens is 485 g/mol. The summed E-state index contributed by atoms with van der Waals surface area (Å²) < 4.78 is 52.7. The number of nitrogens with one attached hydrogen (secondary N) is 1. The van der Waals surface area contributed by atoms with Gasteiger partial charge in [-0.15, -0.1) is 0 Å². The number of carbonyl (C=O) groups excluding carboxylic acids is 1. The number of rotatable bonds is 8. The normalized spacial score (nSPS) is 12.4. The third-order valence-electron chi connectivity index (χ3n) is 4.45. The highest BCUT2D eigenvalue weighted by atomic mass is 35.5. The molecule has 2 aromatic carbocycles. The van der Waals surface area contributed by atoms with Crippen LogP contribution in [0.3, 0.4) is 0 Å². The third kappa shape index (κ3) is 5.76. The van der Waals surface area contributed by atoms with E-state index in [0.29, 0.717) is 5.56 Å². The van der Waals surface area contributed by atoms with Gasteiger partial charge in [-0.3, -0.25) is 4.79 Å². The Morgan fingerprint density at radius 1 is 1.00 bits per heavy atom. The molecule has 12 heteroatoms. The maximum Gasteiger partial charge on any atom is 0.245 e. The van der Waals surface area contributed by atoms with E-state index in [2.05, 4.69) is 5.32 Å². The first kappa shape index (κ1) is 25.6. The van der Waals surface area contributed by atoms with E-state index in [9.17, 15) is 21.6 Å². The molecule has 0 bridgehead atoms. The monoisotopic (exact) mass is 507 g/mol. The average Bonchev–Trinajstić information content (AvgIpc) is 2.69. The Morgan fingerprint density at radius 3 is 2.23 bits per heavy atom. The molecule has 0 aliphatic rings. The molecule has 0 fully saturated rings. The Hall–Kier alpha value is -1.69. The summed E-state index contributed by atoms with van der Waals surface area (Å²) in [6.45, 7) is 2.79. The smallest absolute Gasteiger partial charge is 0.245 e. The standard InChI is InChI=1S/C19H23Cl2N3O5S2/c1-5-24(31(28,29)18-10-14(20)7-9-16(18)21)12-19(25)22-17-11-15(8-6-13(17)2)30(26,27)23(3)4/h6-11H,5,12H2,1-4H3,(H,22,25). The van der Waals surface area contributed by atoms with Crippen molar-refractivity contribution in [2.24, 2.45) is 0 Å². The first-order valence-corrected chi connectivity index (χ1v) is 12.7. The van der Waals surface area contributed by atoms with Gasteiger partial charge in [0.25, 0.3) is 0 Å². The lowest BCUT2D eigenvalue weighted by Crippen LogP contribution is -2.38. The molecule has 0 unspecified atom stereocenters. The number of likely N-dealkylation sites (N-methyl/N-ethyl adjacent to an activating group) is 1. The van der Waals surface area contributed by atoms with Crippen LogP contribution in [0.2, 0.25) is 10.0 Å². The fraction of sp³-hybridized carbons (Fsp3) is 0.316. The average molecular weight is 508 g/mol. The molecule has 0 aliphatic heterocycles. The van der Waals surface area contributed by atoms with Gasteiger partial charge in [-0.25, -0.2) is 21.1 Å². The molecule has 31 heavy (non-hydrogen) atoms.